The second-order valence-electron chi connectivity index (χ2n) is 7.95. The molecule has 4 aromatic rings. The average Bonchev–Trinajstić information content (AvgIpc) is 3.31. The molecular weight excluding hydrogens is 475 g/mol. The number of nitrogens with zero attached hydrogens (tertiary/aromatic N) is 2. The highest BCUT2D eigenvalue weighted by Crippen LogP contribution is 2.31. The van der Waals surface area contributed by atoms with E-state index in [2.05, 4.69) is 25.8 Å². The highest BCUT2D eigenvalue weighted by molar-refractivity contribution is 6.05. The first-order valence-electron chi connectivity index (χ1n) is 11.4. The molecule has 3 N–H and O–H groups in total. The van der Waals surface area contributed by atoms with Gasteiger partial charge in [0.15, 0.2) is 5.69 Å². The third-order valence-corrected chi connectivity index (χ3v) is 5.63. The van der Waals surface area contributed by atoms with Crippen molar-refractivity contribution >= 4 is 22.7 Å². The molecule has 8 nitrogen and oxygen atoms in total. The van der Waals surface area contributed by atoms with Crippen LogP contribution in [0.15, 0.2) is 54.7 Å². The van der Waals surface area contributed by atoms with Crippen LogP contribution in [-0.2, 0) is 6.18 Å². The summed E-state index contributed by atoms with van der Waals surface area (Å²) in [7, 11) is 1.02. The molecule has 1 atom stereocenters. The van der Waals surface area contributed by atoms with Crippen LogP contribution in [0.5, 0.6) is 5.88 Å². The molecule has 0 aliphatic heterocycles. The lowest BCUT2D eigenvalue weighted by atomic mass is 10.0. The minimum Gasteiger partial charge on any atom is -0.480 e. The number of pyridine rings is 1. The van der Waals surface area contributed by atoms with Gasteiger partial charge < -0.3 is 15.4 Å². The molecule has 4 rings (SSSR count). The van der Waals surface area contributed by atoms with Crippen molar-refractivity contribution in [1.29, 1.82) is 0 Å². The van der Waals surface area contributed by atoms with E-state index in [1.54, 1.807) is 25.1 Å². The van der Waals surface area contributed by atoms with Crippen molar-refractivity contribution in [3.8, 4) is 17.0 Å². The molecule has 0 saturated heterocycles. The Morgan fingerprint density at radius 1 is 1.11 bits per heavy atom. The van der Waals surface area contributed by atoms with Crippen LogP contribution < -0.4 is 15.4 Å². The molecule has 11 heteroatoms. The number of aromatic nitrogens is 3. The van der Waals surface area contributed by atoms with Crippen LogP contribution in [-0.4, -0.2) is 41.1 Å². The van der Waals surface area contributed by atoms with Gasteiger partial charge in [0.2, 0.25) is 5.88 Å². The van der Waals surface area contributed by atoms with Crippen LogP contribution in [0.1, 0.15) is 46.3 Å². The maximum atomic E-state index is 13.1. The van der Waals surface area contributed by atoms with Crippen LogP contribution in [0.4, 0.5) is 13.2 Å². The summed E-state index contributed by atoms with van der Waals surface area (Å²) in [5, 5.41) is 12.6. The molecule has 36 heavy (non-hydrogen) atoms. The molecule has 0 unspecified atom stereocenters. The summed E-state index contributed by atoms with van der Waals surface area (Å²) in [5.74, 6) is -1.06. The maximum absolute atomic E-state index is 13.1. The minimum absolute atomic E-state index is 0.0133. The van der Waals surface area contributed by atoms with Crippen molar-refractivity contribution in [3.05, 3.63) is 77.1 Å². The molecular formula is C25H22F3N5O3. The predicted octanol–water partition coefficient (Wildman–Crippen LogP) is 4.50. The molecule has 2 aromatic carbocycles. The highest BCUT2D eigenvalue weighted by Gasteiger charge is 2.31. The van der Waals surface area contributed by atoms with E-state index >= 15 is 0 Å². The van der Waals surface area contributed by atoms with Gasteiger partial charge in [-0.15, -0.1) is 0 Å². The first-order valence-corrected chi connectivity index (χ1v) is 10.7. The summed E-state index contributed by atoms with van der Waals surface area (Å²) in [6, 6.07) is 10.6. The Balaban J connectivity index is 1.64. The molecule has 0 aliphatic carbocycles. The summed E-state index contributed by atoms with van der Waals surface area (Å²) < 4.78 is 51.9. The number of rotatable bonds is 6. The Hall–Kier alpha value is -4.41. The summed E-state index contributed by atoms with van der Waals surface area (Å²) in [6.45, 7) is 1.56. The lowest BCUT2D eigenvalue weighted by molar-refractivity contribution is -0.137. The van der Waals surface area contributed by atoms with Gasteiger partial charge in [-0.1, -0.05) is 18.2 Å². The standard InChI is InChI=1S/C25H22F3N5O3/c1-13(14-5-4-6-17(9-14)25(26,27)28)31-22(34)19-10-16(12-30-24(19)36-3)15-7-8-18-20(11-15)32-33-21(18)23(35)29-2/h4-13H,1-3H3,(H,29,35)(H,31,34)(H,32,33)/t13-/m1/s1/i3D. The Labute approximate surface area is 205 Å². The van der Waals surface area contributed by atoms with Crippen LogP contribution in [0, 0.1) is 0 Å². The van der Waals surface area contributed by atoms with Crippen LogP contribution in [0.2, 0.25) is 0 Å². The van der Waals surface area contributed by atoms with Gasteiger partial charge in [-0.05, 0) is 48.4 Å². The van der Waals surface area contributed by atoms with Crippen LogP contribution in [0.3, 0.4) is 0 Å². The zero-order valence-electron chi connectivity index (χ0n) is 20.2. The van der Waals surface area contributed by atoms with Crippen LogP contribution >= 0.6 is 0 Å². The van der Waals surface area contributed by atoms with Gasteiger partial charge in [-0.2, -0.15) is 18.3 Å². The van der Waals surface area contributed by atoms with Gasteiger partial charge >= 0.3 is 6.18 Å². The predicted molar refractivity (Wildman–Crippen MR) is 127 cm³/mol. The topological polar surface area (TPSA) is 109 Å². The van der Waals surface area contributed by atoms with Gasteiger partial charge in [0.25, 0.3) is 11.8 Å². The molecule has 0 saturated carbocycles. The van der Waals surface area contributed by atoms with E-state index in [0.717, 1.165) is 12.1 Å². The third-order valence-electron chi connectivity index (χ3n) is 5.63. The molecule has 0 radical (unpaired) electrons. The number of alkyl halides is 3. The van der Waals surface area contributed by atoms with E-state index in [1.165, 1.54) is 31.4 Å². The number of fused-ring (bicyclic) bond motifs is 1. The van der Waals surface area contributed by atoms with Crippen molar-refractivity contribution < 1.29 is 28.9 Å². The SMILES string of the molecule is [2H]COc1ncc(-c2ccc3c(C(=O)NC)n[nH]c3c2)cc1C(=O)N[C@H](C)c1cccc(C(F)(F)F)c1. The van der Waals surface area contributed by atoms with Gasteiger partial charge in [0.1, 0.15) is 5.56 Å². The normalized spacial score (nSPS) is 12.6. The van der Waals surface area contributed by atoms with Crippen molar-refractivity contribution in [2.45, 2.75) is 19.1 Å². The fraction of sp³-hybridized carbons (Fsp3) is 0.200. The Bertz CT molecular complexity index is 1470. The second-order valence-corrected chi connectivity index (χ2v) is 7.95. The number of hydrogen-bond acceptors (Lipinski definition) is 5. The number of ether oxygens (including phenoxy) is 1. The number of carbonyl (C=O) groups is 2. The van der Waals surface area contributed by atoms with E-state index in [4.69, 9.17) is 6.11 Å². The molecule has 2 aromatic heterocycles. The zero-order chi connectivity index (χ0) is 26.7. The first kappa shape index (κ1) is 23.3. The number of benzene rings is 2. The minimum atomic E-state index is -4.51. The number of methoxy groups -OCH3 is 1. The van der Waals surface area contributed by atoms with E-state index < -0.39 is 30.8 Å². The molecule has 186 valence electrons. The summed E-state index contributed by atoms with van der Waals surface area (Å²) in [6.07, 6.45) is -3.04. The Morgan fingerprint density at radius 2 is 1.92 bits per heavy atom. The average molecular weight is 498 g/mol. The van der Waals surface area contributed by atoms with Crippen LogP contribution in [0.25, 0.3) is 22.0 Å². The largest absolute Gasteiger partial charge is 0.480 e. The highest BCUT2D eigenvalue weighted by atomic mass is 19.4. The van der Waals surface area contributed by atoms with Crippen molar-refractivity contribution in [3.63, 3.8) is 0 Å². The van der Waals surface area contributed by atoms with E-state index in [0.29, 0.717) is 22.0 Å². The lowest BCUT2D eigenvalue weighted by Crippen LogP contribution is -2.27. The van der Waals surface area contributed by atoms with E-state index in [-0.39, 0.29) is 28.6 Å². The fourth-order valence-corrected chi connectivity index (χ4v) is 3.72. The zero-order valence-corrected chi connectivity index (χ0v) is 19.2. The Kier molecular flexibility index (Phi) is 6.28. The number of H-pyrrole nitrogens is 1. The fourth-order valence-electron chi connectivity index (χ4n) is 3.72. The van der Waals surface area contributed by atoms with Gasteiger partial charge in [-0.25, -0.2) is 4.98 Å². The number of hydrogen-bond donors (Lipinski definition) is 3. The molecule has 0 fully saturated rings. The number of halogens is 3. The van der Waals surface area contributed by atoms with Gasteiger partial charge in [0, 0.05) is 24.2 Å². The number of aromatic amines is 1. The second kappa shape index (κ2) is 9.68. The summed E-state index contributed by atoms with van der Waals surface area (Å²) in [5.41, 5.74) is 1.49. The van der Waals surface area contributed by atoms with Crippen molar-refractivity contribution in [2.75, 3.05) is 14.1 Å². The smallest absolute Gasteiger partial charge is 0.416 e. The first-order chi connectivity index (χ1) is 17.6. The summed E-state index contributed by atoms with van der Waals surface area (Å²) in [4.78, 5) is 29.3. The molecule has 2 heterocycles. The van der Waals surface area contributed by atoms with E-state index in [9.17, 15) is 22.8 Å². The number of amides is 2. The van der Waals surface area contributed by atoms with Gasteiger partial charge in [0.05, 0.1) is 25.6 Å². The van der Waals surface area contributed by atoms with Crippen molar-refractivity contribution in [1.82, 2.24) is 25.8 Å². The maximum Gasteiger partial charge on any atom is 0.416 e. The van der Waals surface area contributed by atoms with Gasteiger partial charge in [-0.3, -0.25) is 14.7 Å². The number of carbonyl (C=O) groups excluding carboxylic acids is 2. The molecule has 0 bridgehead atoms. The molecule has 2 amide bonds. The quantitative estimate of drug-likeness (QED) is 0.363. The Morgan fingerprint density at radius 3 is 2.64 bits per heavy atom. The monoisotopic (exact) mass is 498 g/mol. The molecule has 0 aliphatic rings. The summed E-state index contributed by atoms with van der Waals surface area (Å²) >= 11 is 0. The third kappa shape index (κ3) is 4.85. The molecule has 0 spiro atoms. The van der Waals surface area contributed by atoms with E-state index in [1.807, 2.05) is 0 Å². The number of nitrogens with one attached hydrogen (secondary N) is 3. The lowest BCUT2D eigenvalue weighted by Gasteiger charge is -2.17. The van der Waals surface area contributed by atoms with Crippen molar-refractivity contribution in [2.24, 2.45) is 0 Å².